The van der Waals surface area contributed by atoms with Crippen LogP contribution in [0.1, 0.15) is 63.9 Å². The van der Waals surface area contributed by atoms with E-state index in [0.29, 0.717) is 13.0 Å². The fourth-order valence-corrected chi connectivity index (χ4v) is 5.87. The molecule has 7 heteroatoms. The number of nitrogens with zero attached hydrogens (tertiary/aromatic N) is 1. The Morgan fingerprint density at radius 3 is 2.55 bits per heavy atom. The summed E-state index contributed by atoms with van der Waals surface area (Å²) in [6, 6.07) is 5.22. The van der Waals surface area contributed by atoms with Crippen molar-refractivity contribution in [2.24, 2.45) is 5.92 Å². The number of hydrogen-bond acceptors (Lipinski definition) is 4. The van der Waals surface area contributed by atoms with Crippen molar-refractivity contribution in [3.05, 3.63) is 23.8 Å². The minimum absolute atomic E-state index is 0.0256. The summed E-state index contributed by atoms with van der Waals surface area (Å²) in [4.78, 5) is 26.8. The second kappa shape index (κ2) is 8.09. The molecule has 0 radical (unpaired) electrons. The maximum atomic E-state index is 13.0. The first-order valence-corrected chi connectivity index (χ1v) is 12.4. The molecule has 1 aromatic carbocycles. The lowest BCUT2D eigenvalue weighted by molar-refractivity contribution is -0.122. The van der Waals surface area contributed by atoms with Crippen LogP contribution in [-0.2, 0) is 25.8 Å². The molecule has 2 aliphatic carbocycles. The van der Waals surface area contributed by atoms with E-state index in [-0.39, 0.29) is 35.1 Å². The molecule has 1 heterocycles. The van der Waals surface area contributed by atoms with Crippen LogP contribution in [0.4, 0.5) is 5.69 Å². The summed E-state index contributed by atoms with van der Waals surface area (Å²) in [6.45, 7) is 2.22. The molecule has 2 amide bonds. The van der Waals surface area contributed by atoms with Crippen molar-refractivity contribution in [1.82, 2.24) is 5.32 Å². The molecular formula is C22H30N2O4S. The number of carbonyl (C=O) groups is 2. The number of carbonyl (C=O) groups excluding carboxylic acids is 2. The highest BCUT2D eigenvalue weighted by atomic mass is 32.2. The molecule has 29 heavy (non-hydrogen) atoms. The van der Waals surface area contributed by atoms with Crippen LogP contribution in [0.2, 0.25) is 0 Å². The Bertz CT molecular complexity index is 901. The number of benzene rings is 1. The van der Waals surface area contributed by atoms with Gasteiger partial charge in [0.2, 0.25) is 11.8 Å². The molecular weight excluding hydrogens is 388 g/mol. The lowest BCUT2D eigenvalue weighted by Gasteiger charge is -2.23. The van der Waals surface area contributed by atoms with E-state index in [0.717, 1.165) is 49.8 Å². The van der Waals surface area contributed by atoms with Crippen molar-refractivity contribution in [2.75, 3.05) is 11.4 Å². The standard InChI is InChI=1S/C22H30N2O4S/c1-15(13-21(25)23-18-5-3-2-4-6-18)29(27,28)19-9-10-20-17(14-19)11-12-24(20)22(26)16-7-8-16/h9-10,14-16,18H,2-8,11-13H2,1H3,(H,23,25)/t15-/m1/s1. The van der Waals surface area contributed by atoms with Crippen molar-refractivity contribution in [3.63, 3.8) is 0 Å². The first-order valence-electron chi connectivity index (χ1n) is 10.8. The van der Waals surface area contributed by atoms with Crippen LogP contribution in [0.25, 0.3) is 0 Å². The Morgan fingerprint density at radius 2 is 1.86 bits per heavy atom. The average Bonchev–Trinajstić information content (AvgIpc) is 3.47. The predicted molar refractivity (Wildman–Crippen MR) is 112 cm³/mol. The third-order valence-corrected chi connectivity index (χ3v) is 8.58. The third kappa shape index (κ3) is 4.34. The zero-order valence-electron chi connectivity index (χ0n) is 17.0. The molecule has 158 valence electrons. The summed E-state index contributed by atoms with van der Waals surface area (Å²) in [5.74, 6) is 0.120. The Kier molecular flexibility index (Phi) is 5.69. The van der Waals surface area contributed by atoms with Crippen LogP contribution in [0.15, 0.2) is 23.1 Å². The van der Waals surface area contributed by atoms with E-state index in [2.05, 4.69) is 5.32 Å². The maximum Gasteiger partial charge on any atom is 0.230 e. The first kappa shape index (κ1) is 20.4. The summed E-state index contributed by atoms with van der Waals surface area (Å²) < 4.78 is 26.1. The number of anilines is 1. The zero-order chi connectivity index (χ0) is 20.6. The van der Waals surface area contributed by atoms with Gasteiger partial charge >= 0.3 is 0 Å². The van der Waals surface area contributed by atoms with E-state index in [1.807, 2.05) is 0 Å². The normalized spacial score (nSPS) is 20.9. The monoisotopic (exact) mass is 418 g/mol. The van der Waals surface area contributed by atoms with Gasteiger partial charge in [0, 0.05) is 30.6 Å². The van der Waals surface area contributed by atoms with Crippen molar-refractivity contribution in [1.29, 1.82) is 0 Å². The van der Waals surface area contributed by atoms with Gasteiger partial charge in [-0.2, -0.15) is 0 Å². The van der Waals surface area contributed by atoms with Gasteiger partial charge < -0.3 is 10.2 Å². The Balaban J connectivity index is 1.43. The number of rotatable bonds is 6. The molecule has 4 rings (SSSR count). The van der Waals surface area contributed by atoms with Gasteiger partial charge in [0.15, 0.2) is 9.84 Å². The molecule has 1 aromatic rings. The molecule has 0 saturated heterocycles. The third-order valence-electron chi connectivity index (χ3n) is 6.44. The molecule has 0 bridgehead atoms. The number of nitrogens with one attached hydrogen (secondary N) is 1. The first-order chi connectivity index (χ1) is 13.9. The lowest BCUT2D eigenvalue weighted by Crippen LogP contribution is -2.38. The summed E-state index contributed by atoms with van der Waals surface area (Å²) >= 11 is 0. The summed E-state index contributed by atoms with van der Waals surface area (Å²) in [5, 5.41) is 2.22. The molecule has 2 fully saturated rings. The number of hydrogen-bond donors (Lipinski definition) is 1. The van der Waals surface area contributed by atoms with Gasteiger partial charge in [0.25, 0.3) is 0 Å². The Hall–Kier alpha value is -1.89. The van der Waals surface area contributed by atoms with Crippen molar-refractivity contribution in [2.45, 2.75) is 80.9 Å². The van der Waals surface area contributed by atoms with Crippen molar-refractivity contribution in [3.8, 4) is 0 Å². The lowest BCUT2D eigenvalue weighted by atomic mass is 9.95. The van der Waals surface area contributed by atoms with Gasteiger partial charge in [-0.25, -0.2) is 8.42 Å². The van der Waals surface area contributed by atoms with Crippen LogP contribution in [0, 0.1) is 5.92 Å². The fourth-order valence-electron chi connectivity index (χ4n) is 4.47. The average molecular weight is 419 g/mol. The maximum absolute atomic E-state index is 13.0. The highest BCUT2D eigenvalue weighted by Gasteiger charge is 2.37. The molecule has 6 nitrogen and oxygen atoms in total. The molecule has 1 atom stereocenters. The summed E-state index contributed by atoms with van der Waals surface area (Å²) in [6.07, 6.45) is 7.97. The minimum atomic E-state index is -3.60. The van der Waals surface area contributed by atoms with Crippen molar-refractivity contribution >= 4 is 27.3 Å². The topological polar surface area (TPSA) is 83.6 Å². The van der Waals surface area contributed by atoms with Gasteiger partial charge in [-0.1, -0.05) is 19.3 Å². The smallest absolute Gasteiger partial charge is 0.230 e. The van der Waals surface area contributed by atoms with E-state index < -0.39 is 15.1 Å². The van der Waals surface area contributed by atoms with Crippen LogP contribution < -0.4 is 10.2 Å². The van der Waals surface area contributed by atoms with E-state index in [1.165, 1.54) is 6.42 Å². The molecule has 0 unspecified atom stereocenters. The van der Waals surface area contributed by atoms with Crippen LogP contribution in [0.3, 0.4) is 0 Å². The van der Waals surface area contributed by atoms with Crippen LogP contribution in [0.5, 0.6) is 0 Å². The highest BCUT2D eigenvalue weighted by molar-refractivity contribution is 7.92. The largest absolute Gasteiger partial charge is 0.353 e. The second-order valence-corrected chi connectivity index (χ2v) is 11.1. The zero-order valence-corrected chi connectivity index (χ0v) is 17.8. The van der Waals surface area contributed by atoms with Crippen LogP contribution >= 0.6 is 0 Å². The van der Waals surface area contributed by atoms with E-state index in [4.69, 9.17) is 0 Å². The van der Waals surface area contributed by atoms with Gasteiger partial charge in [-0.15, -0.1) is 0 Å². The number of fused-ring (bicyclic) bond motifs is 1. The van der Waals surface area contributed by atoms with Gasteiger partial charge in [0.1, 0.15) is 0 Å². The van der Waals surface area contributed by atoms with E-state index >= 15 is 0 Å². The highest BCUT2D eigenvalue weighted by Crippen LogP contribution is 2.37. The summed E-state index contributed by atoms with van der Waals surface area (Å²) in [5.41, 5.74) is 1.74. The summed E-state index contributed by atoms with van der Waals surface area (Å²) in [7, 11) is -3.60. The van der Waals surface area contributed by atoms with E-state index in [9.17, 15) is 18.0 Å². The van der Waals surface area contributed by atoms with Gasteiger partial charge in [-0.05, 0) is 62.8 Å². The molecule has 3 aliphatic rings. The quantitative estimate of drug-likeness (QED) is 0.770. The van der Waals surface area contributed by atoms with Gasteiger partial charge in [-0.3, -0.25) is 9.59 Å². The molecule has 1 N–H and O–H groups in total. The molecule has 2 saturated carbocycles. The van der Waals surface area contributed by atoms with Crippen molar-refractivity contribution < 1.29 is 18.0 Å². The fraction of sp³-hybridized carbons (Fsp3) is 0.636. The predicted octanol–water partition coefficient (Wildman–Crippen LogP) is 2.99. The SMILES string of the molecule is C[C@H](CC(=O)NC1CCCCC1)S(=O)(=O)c1ccc2c(c1)CCN2C(=O)C1CC1. The Labute approximate surface area is 173 Å². The molecule has 0 aromatic heterocycles. The Morgan fingerprint density at radius 1 is 1.14 bits per heavy atom. The molecule has 1 aliphatic heterocycles. The number of sulfone groups is 1. The molecule has 0 spiro atoms. The second-order valence-electron chi connectivity index (χ2n) is 8.77. The minimum Gasteiger partial charge on any atom is -0.353 e. The van der Waals surface area contributed by atoms with E-state index in [1.54, 1.807) is 30.0 Å². The number of amides is 2. The van der Waals surface area contributed by atoms with Crippen LogP contribution in [-0.4, -0.2) is 38.1 Å². The van der Waals surface area contributed by atoms with Gasteiger partial charge in [0.05, 0.1) is 10.1 Å².